The average molecular weight is 443 g/mol. The lowest BCUT2D eigenvalue weighted by molar-refractivity contribution is -0.135. The van der Waals surface area contributed by atoms with Crippen molar-refractivity contribution in [2.24, 2.45) is 0 Å². The summed E-state index contributed by atoms with van der Waals surface area (Å²) in [5, 5.41) is 2.37. The molecule has 6 heteroatoms. The first kappa shape index (κ1) is 21.8. The second-order valence-corrected chi connectivity index (χ2v) is 10.2. The van der Waals surface area contributed by atoms with E-state index < -0.39 is 12.6 Å². The molecule has 0 saturated heterocycles. The molecule has 0 amide bonds. The van der Waals surface area contributed by atoms with E-state index in [-0.39, 0.29) is 11.8 Å². The minimum absolute atomic E-state index is 0.0458. The summed E-state index contributed by atoms with van der Waals surface area (Å²) in [6.07, 6.45) is -2.94. The molecule has 31 heavy (non-hydrogen) atoms. The summed E-state index contributed by atoms with van der Waals surface area (Å²) in [5.41, 5.74) is 4.74. The van der Waals surface area contributed by atoms with Crippen molar-refractivity contribution in [3.05, 3.63) is 58.7 Å². The van der Waals surface area contributed by atoms with Crippen LogP contribution in [0.5, 0.6) is 0 Å². The second kappa shape index (κ2) is 7.90. The molecule has 0 spiro atoms. The molecule has 0 aliphatic heterocycles. The van der Waals surface area contributed by atoms with Crippen LogP contribution in [0.1, 0.15) is 49.6 Å². The molecule has 2 heterocycles. The lowest BCUT2D eigenvalue weighted by Gasteiger charge is -2.22. The van der Waals surface area contributed by atoms with Gasteiger partial charge < -0.3 is 0 Å². The molecule has 162 valence electrons. The second-order valence-electron chi connectivity index (χ2n) is 9.00. The average Bonchev–Trinajstić information content (AvgIpc) is 3.01. The summed E-state index contributed by atoms with van der Waals surface area (Å²) in [7, 11) is 0. The Bertz CT molecular complexity index is 1250. The Morgan fingerprint density at radius 2 is 1.74 bits per heavy atom. The van der Waals surface area contributed by atoms with E-state index in [4.69, 9.17) is 0 Å². The van der Waals surface area contributed by atoms with Crippen molar-refractivity contribution < 1.29 is 13.2 Å². The van der Waals surface area contributed by atoms with Gasteiger partial charge in [-0.05, 0) is 59.2 Å². The molecule has 0 bridgehead atoms. The van der Waals surface area contributed by atoms with E-state index in [1.807, 2.05) is 13.0 Å². The van der Waals surface area contributed by atoms with E-state index in [0.717, 1.165) is 37.3 Å². The van der Waals surface area contributed by atoms with E-state index >= 15 is 0 Å². The minimum Gasteiger partial charge on any atom is -0.235 e. The maximum absolute atomic E-state index is 12.6. The number of rotatable bonds is 4. The fourth-order valence-corrected chi connectivity index (χ4v) is 5.27. The molecule has 2 aromatic carbocycles. The van der Waals surface area contributed by atoms with E-state index in [2.05, 4.69) is 61.1 Å². The fourth-order valence-electron chi connectivity index (χ4n) is 4.10. The molecule has 4 aromatic rings. The van der Waals surface area contributed by atoms with Gasteiger partial charge in [0.05, 0.1) is 15.9 Å². The first-order chi connectivity index (χ1) is 14.5. The largest absolute Gasteiger partial charge is 0.389 e. The highest BCUT2D eigenvalue weighted by atomic mass is 32.1. The van der Waals surface area contributed by atoms with Gasteiger partial charge in [0.15, 0.2) is 0 Å². The van der Waals surface area contributed by atoms with E-state index in [1.165, 1.54) is 17.3 Å². The van der Waals surface area contributed by atoms with Crippen molar-refractivity contribution in [1.29, 1.82) is 0 Å². The zero-order chi connectivity index (χ0) is 22.4. The Morgan fingerprint density at radius 3 is 2.45 bits per heavy atom. The summed E-state index contributed by atoms with van der Waals surface area (Å²) in [6, 6.07) is 12.7. The highest BCUT2D eigenvalue weighted by Gasteiger charge is 2.27. The van der Waals surface area contributed by atoms with E-state index in [9.17, 15) is 13.2 Å². The molecular formula is C25H25F3N2S. The summed E-state index contributed by atoms with van der Waals surface area (Å²) in [5.74, 6) is 0. The van der Waals surface area contributed by atoms with Gasteiger partial charge in [-0.3, -0.25) is 0 Å². The number of fused-ring (bicyclic) bond motifs is 2. The molecule has 0 N–H and O–H groups in total. The zero-order valence-corrected chi connectivity index (χ0v) is 18.9. The van der Waals surface area contributed by atoms with Crippen LogP contribution in [0.4, 0.5) is 13.2 Å². The van der Waals surface area contributed by atoms with Crippen molar-refractivity contribution in [3.63, 3.8) is 0 Å². The number of aromatic nitrogens is 2. The topological polar surface area (TPSA) is 25.8 Å². The number of aryl methyl sites for hydroxylation is 2. The number of benzene rings is 2. The van der Waals surface area contributed by atoms with Crippen LogP contribution >= 0.6 is 11.3 Å². The lowest BCUT2D eigenvalue weighted by Crippen LogP contribution is -2.12. The smallest absolute Gasteiger partial charge is 0.235 e. The van der Waals surface area contributed by atoms with Gasteiger partial charge in [0, 0.05) is 16.9 Å². The number of halogens is 3. The standard InChI is InChI=1S/C25H25F3N2S/c1-15-18(10-7-11-25(26,27)28)22-23(31-15)21(29-14-30-22)17-12-16-8-5-6-9-19(16)20(13-17)24(2,3)4/h5-6,8-9,12-14H,7,10-11H2,1-4H3. The van der Waals surface area contributed by atoms with Gasteiger partial charge >= 0.3 is 6.18 Å². The third-order valence-corrected chi connectivity index (χ3v) is 6.74. The first-order valence-corrected chi connectivity index (χ1v) is 11.2. The molecule has 4 rings (SSSR count). The van der Waals surface area contributed by atoms with Gasteiger partial charge in [-0.2, -0.15) is 13.2 Å². The Morgan fingerprint density at radius 1 is 1.00 bits per heavy atom. The molecule has 0 radical (unpaired) electrons. The quantitative estimate of drug-likeness (QED) is 0.320. The Balaban J connectivity index is 1.84. The van der Waals surface area contributed by atoms with E-state index in [0.29, 0.717) is 6.42 Å². The van der Waals surface area contributed by atoms with Crippen molar-refractivity contribution in [3.8, 4) is 11.3 Å². The molecule has 0 fully saturated rings. The summed E-state index contributed by atoms with van der Waals surface area (Å²) in [4.78, 5) is 10.1. The predicted molar refractivity (Wildman–Crippen MR) is 123 cm³/mol. The third-order valence-electron chi connectivity index (χ3n) is 5.60. The van der Waals surface area contributed by atoms with Gasteiger partial charge in [-0.15, -0.1) is 11.3 Å². The zero-order valence-electron chi connectivity index (χ0n) is 18.1. The van der Waals surface area contributed by atoms with Crippen molar-refractivity contribution in [2.45, 2.75) is 58.5 Å². The molecule has 0 unspecified atom stereocenters. The first-order valence-electron chi connectivity index (χ1n) is 10.4. The van der Waals surface area contributed by atoms with Crippen molar-refractivity contribution in [1.82, 2.24) is 9.97 Å². The number of nitrogens with zero attached hydrogens (tertiary/aromatic N) is 2. The number of hydrogen-bond acceptors (Lipinski definition) is 3. The normalized spacial score (nSPS) is 12.7. The summed E-state index contributed by atoms with van der Waals surface area (Å²) < 4.78 is 38.8. The molecular weight excluding hydrogens is 417 g/mol. The lowest BCUT2D eigenvalue weighted by atomic mass is 9.82. The van der Waals surface area contributed by atoms with E-state index in [1.54, 1.807) is 11.3 Å². The van der Waals surface area contributed by atoms with Crippen LogP contribution in [-0.2, 0) is 11.8 Å². The summed E-state index contributed by atoms with van der Waals surface area (Å²) >= 11 is 1.57. The van der Waals surface area contributed by atoms with Gasteiger partial charge in [-0.25, -0.2) is 9.97 Å². The van der Waals surface area contributed by atoms with Crippen LogP contribution in [-0.4, -0.2) is 16.1 Å². The van der Waals surface area contributed by atoms with Crippen LogP contribution in [0.3, 0.4) is 0 Å². The Kier molecular flexibility index (Phi) is 5.54. The van der Waals surface area contributed by atoms with Crippen LogP contribution in [0.2, 0.25) is 0 Å². The van der Waals surface area contributed by atoms with Gasteiger partial charge in [-0.1, -0.05) is 45.0 Å². The molecule has 0 saturated carbocycles. The maximum Gasteiger partial charge on any atom is 0.389 e. The van der Waals surface area contributed by atoms with Gasteiger partial charge in [0.1, 0.15) is 6.33 Å². The summed E-state index contributed by atoms with van der Waals surface area (Å²) in [6.45, 7) is 8.55. The van der Waals surface area contributed by atoms with Crippen LogP contribution < -0.4 is 0 Å². The van der Waals surface area contributed by atoms with Crippen LogP contribution in [0.25, 0.3) is 32.2 Å². The highest BCUT2D eigenvalue weighted by Crippen LogP contribution is 2.40. The molecule has 2 nitrogen and oxygen atoms in total. The molecule has 0 aliphatic rings. The monoisotopic (exact) mass is 442 g/mol. The fraction of sp³-hybridized carbons (Fsp3) is 0.360. The van der Waals surface area contributed by atoms with Crippen LogP contribution in [0, 0.1) is 6.92 Å². The number of alkyl halides is 3. The molecule has 2 aromatic heterocycles. The van der Waals surface area contributed by atoms with Crippen LogP contribution in [0.15, 0.2) is 42.7 Å². The SMILES string of the molecule is Cc1sc2c(-c3cc(C(C)(C)C)c4ccccc4c3)ncnc2c1CCCC(F)(F)F. The number of hydrogen-bond donors (Lipinski definition) is 0. The molecule has 0 aliphatic carbocycles. The predicted octanol–water partition coefficient (Wildman–Crippen LogP) is 8.00. The van der Waals surface area contributed by atoms with Crippen molar-refractivity contribution >= 4 is 32.3 Å². The molecule has 0 atom stereocenters. The number of thiophene rings is 1. The Labute approximate surface area is 184 Å². The third kappa shape index (κ3) is 4.45. The van der Waals surface area contributed by atoms with Gasteiger partial charge in [0.2, 0.25) is 0 Å². The Hall–Kier alpha value is -2.47. The highest BCUT2D eigenvalue weighted by molar-refractivity contribution is 7.19. The van der Waals surface area contributed by atoms with Crippen molar-refractivity contribution in [2.75, 3.05) is 0 Å². The minimum atomic E-state index is -4.13. The maximum atomic E-state index is 12.6. The van der Waals surface area contributed by atoms with Gasteiger partial charge in [0.25, 0.3) is 0 Å².